The highest BCUT2D eigenvalue weighted by Gasteiger charge is 2.45. The molecule has 120 valence electrons. The van der Waals surface area contributed by atoms with Gasteiger partial charge in [0.2, 0.25) is 9.84 Å². The van der Waals surface area contributed by atoms with Gasteiger partial charge in [-0.15, -0.1) is 0 Å². The van der Waals surface area contributed by atoms with Crippen LogP contribution in [0, 0.1) is 5.92 Å². The fourth-order valence-electron chi connectivity index (χ4n) is 2.46. The lowest BCUT2D eigenvalue weighted by atomic mass is 9.98. The van der Waals surface area contributed by atoms with Gasteiger partial charge in [0, 0.05) is 19.6 Å². The molecular formula is C11H17F3N4O2S. The maximum atomic E-state index is 12.3. The van der Waals surface area contributed by atoms with Crippen LogP contribution >= 0.6 is 0 Å². The summed E-state index contributed by atoms with van der Waals surface area (Å²) in [6, 6.07) is 0. The van der Waals surface area contributed by atoms with Crippen LogP contribution in [0.4, 0.5) is 13.2 Å². The van der Waals surface area contributed by atoms with Crippen molar-refractivity contribution in [2.24, 2.45) is 5.92 Å². The van der Waals surface area contributed by atoms with Gasteiger partial charge in [-0.1, -0.05) is 0 Å². The number of piperidine rings is 1. The summed E-state index contributed by atoms with van der Waals surface area (Å²) in [7, 11) is -5.03. The number of alkyl halides is 3. The number of hydrogen-bond acceptors (Lipinski definition) is 5. The Morgan fingerprint density at radius 3 is 2.71 bits per heavy atom. The van der Waals surface area contributed by atoms with Gasteiger partial charge in [-0.3, -0.25) is 4.68 Å². The first-order valence-electron chi connectivity index (χ1n) is 6.62. The molecule has 1 atom stereocenters. The van der Waals surface area contributed by atoms with Crippen LogP contribution in [-0.2, 0) is 16.4 Å². The van der Waals surface area contributed by atoms with Gasteiger partial charge >= 0.3 is 5.51 Å². The fraction of sp³-hybridized carbons (Fsp3) is 0.818. The minimum absolute atomic E-state index is 0.0876. The molecule has 0 aliphatic carbocycles. The van der Waals surface area contributed by atoms with Gasteiger partial charge < -0.3 is 4.90 Å². The smallest absolute Gasteiger partial charge is 0.302 e. The van der Waals surface area contributed by atoms with Crippen molar-refractivity contribution in [1.82, 2.24) is 19.7 Å². The fourth-order valence-corrected chi connectivity index (χ4v) is 3.19. The van der Waals surface area contributed by atoms with E-state index >= 15 is 0 Å². The van der Waals surface area contributed by atoms with E-state index in [1.165, 1.54) is 6.33 Å². The zero-order chi connectivity index (χ0) is 15.5. The molecule has 0 aromatic carbocycles. The minimum atomic E-state index is -5.16. The third-order valence-corrected chi connectivity index (χ3v) is 4.97. The van der Waals surface area contributed by atoms with Crippen molar-refractivity contribution in [2.45, 2.75) is 24.9 Å². The van der Waals surface area contributed by atoms with Crippen molar-refractivity contribution in [2.75, 3.05) is 25.4 Å². The zero-order valence-electron chi connectivity index (χ0n) is 11.3. The second kappa shape index (κ2) is 6.30. The minimum Gasteiger partial charge on any atom is -0.302 e. The molecule has 10 heteroatoms. The van der Waals surface area contributed by atoms with E-state index in [9.17, 15) is 21.6 Å². The highest BCUT2D eigenvalue weighted by molar-refractivity contribution is 7.92. The Morgan fingerprint density at radius 2 is 2.10 bits per heavy atom. The van der Waals surface area contributed by atoms with Gasteiger partial charge in [0.15, 0.2) is 0 Å². The molecule has 0 radical (unpaired) electrons. The predicted octanol–water partition coefficient (Wildman–Crippen LogP) is 0.925. The van der Waals surface area contributed by atoms with E-state index in [-0.39, 0.29) is 12.5 Å². The van der Waals surface area contributed by atoms with Crippen LogP contribution in [0.25, 0.3) is 0 Å². The first-order chi connectivity index (χ1) is 9.78. The highest BCUT2D eigenvalue weighted by Crippen LogP contribution is 2.24. The molecular weight excluding hydrogens is 309 g/mol. The Bertz CT molecular complexity index is 544. The Kier molecular flexibility index (Phi) is 4.87. The Balaban J connectivity index is 1.84. The molecule has 6 nitrogen and oxygen atoms in total. The number of rotatable bonds is 5. The van der Waals surface area contributed by atoms with Crippen molar-refractivity contribution < 1.29 is 21.6 Å². The number of nitrogens with zero attached hydrogens (tertiary/aromatic N) is 4. The highest BCUT2D eigenvalue weighted by atomic mass is 32.2. The molecule has 21 heavy (non-hydrogen) atoms. The number of likely N-dealkylation sites (tertiary alicyclic amines) is 1. The van der Waals surface area contributed by atoms with Crippen LogP contribution < -0.4 is 0 Å². The topological polar surface area (TPSA) is 68.1 Å². The monoisotopic (exact) mass is 326 g/mol. The van der Waals surface area contributed by atoms with Crippen molar-refractivity contribution >= 4 is 9.84 Å². The number of sulfone groups is 1. The van der Waals surface area contributed by atoms with E-state index in [4.69, 9.17) is 0 Å². The SMILES string of the molecule is O=S(=O)(CCN1CCC[C@H](Cn2cncn2)C1)C(F)(F)F. The summed E-state index contributed by atoms with van der Waals surface area (Å²) in [5, 5.41) is 4.00. The van der Waals surface area contributed by atoms with Crippen LogP contribution in [0.5, 0.6) is 0 Å². The normalized spacial score (nSPS) is 21.6. The molecule has 1 aliphatic rings. The molecule has 0 N–H and O–H groups in total. The van der Waals surface area contributed by atoms with Gasteiger partial charge in [-0.2, -0.15) is 18.3 Å². The second-order valence-electron chi connectivity index (χ2n) is 5.19. The van der Waals surface area contributed by atoms with Crippen molar-refractivity contribution in [3.63, 3.8) is 0 Å². The molecule has 1 aromatic heterocycles. The van der Waals surface area contributed by atoms with E-state index in [1.807, 2.05) is 0 Å². The van der Waals surface area contributed by atoms with E-state index in [0.29, 0.717) is 19.6 Å². The number of hydrogen-bond donors (Lipinski definition) is 0. The summed E-state index contributed by atoms with van der Waals surface area (Å²) >= 11 is 0. The van der Waals surface area contributed by atoms with Crippen LogP contribution in [0.3, 0.4) is 0 Å². The second-order valence-corrected chi connectivity index (χ2v) is 7.29. The van der Waals surface area contributed by atoms with Crippen LogP contribution in [0.15, 0.2) is 12.7 Å². The summed E-state index contributed by atoms with van der Waals surface area (Å²) in [5.41, 5.74) is -5.16. The van der Waals surface area contributed by atoms with Crippen molar-refractivity contribution in [3.8, 4) is 0 Å². The maximum Gasteiger partial charge on any atom is 0.497 e. The van der Waals surface area contributed by atoms with Crippen LogP contribution in [0.2, 0.25) is 0 Å². The molecule has 2 rings (SSSR count). The summed E-state index contributed by atoms with van der Waals surface area (Å²) in [6.07, 6.45) is 4.80. The van der Waals surface area contributed by atoms with Gasteiger partial charge in [0.25, 0.3) is 0 Å². The summed E-state index contributed by atoms with van der Waals surface area (Å²) in [4.78, 5) is 5.61. The number of halogens is 3. The molecule has 1 aliphatic heterocycles. The van der Waals surface area contributed by atoms with Gasteiger partial charge in [-0.05, 0) is 25.3 Å². The van der Waals surface area contributed by atoms with Gasteiger partial charge in [0.05, 0.1) is 5.75 Å². The lowest BCUT2D eigenvalue weighted by Gasteiger charge is -2.32. The van der Waals surface area contributed by atoms with Crippen LogP contribution in [-0.4, -0.2) is 59.0 Å². The maximum absolute atomic E-state index is 12.3. The summed E-state index contributed by atoms with van der Waals surface area (Å²) in [5.74, 6) is -0.638. The Morgan fingerprint density at radius 1 is 1.33 bits per heavy atom. The van der Waals surface area contributed by atoms with Crippen LogP contribution in [0.1, 0.15) is 12.8 Å². The zero-order valence-corrected chi connectivity index (χ0v) is 12.1. The molecule has 1 aromatic rings. The predicted molar refractivity (Wildman–Crippen MR) is 69.0 cm³/mol. The standard InChI is InChI=1S/C11H17F3N4O2S/c12-11(13,14)21(19,20)5-4-17-3-1-2-10(6-17)7-18-9-15-8-16-18/h8-10H,1-7H2/t10-/m0/s1. The van der Waals surface area contributed by atoms with Gasteiger partial charge in [-0.25, -0.2) is 13.4 Å². The third-order valence-electron chi connectivity index (χ3n) is 3.54. The number of aromatic nitrogens is 3. The summed E-state index contributed by atoms with van der Waals surface area (Å²) < 4.78 is 60.7. The molecule has 0 amide bonds. The largest absolute Gasteiger partial charge is 0.497 e. The average molecular weight is 326 g/mol. The average Bonchev–Trinajstić information content (AvgIpc) is 2.88. The first kappa shape index (κ1) is 16.2. The Hall–Kier alpha value is -1.16. The van der Waals surface area contributed by atoms with Crippen molar-refractivity contribution in [1.29, 1.82) is 0 Å². The molecule has 1 fully saturated rings. The molecule has 0 spiro atoms. The van der Waals surface area contributed by atoms with Gasteiger partial charge in [0.1, 0.15) is 12.7 Å². The lowest BCUT2D eigenvalue weighted by molar-refractivity contribution is -0.0437. The van der Waals surface area contributed by atoms with E-state index < -0.39 is 21.1 Å². The summed E-state index contributed by atoms with van der Waals surface area (Å²) in [6.45, 7) is 1.76. The lowest BCUT2D eigenvalue weighted by Crippen LogP contribution is -2.41. The Labute approximate surface area is 120 Å². The first-order valence-corrected chi connectivity index (χ1v) is 8.27. The van der Waals surface area contributed by atoms with E-state index in [2.05, 4.69) is 10.1 Å². The molecule has 0 saturated carbocycles. The molecule has 2 heterocycles. The van der Waals surface area contributed by atoms with Crippen molar-refractivity contribution in [3.05, 3.63) is 12.7 Å². The quantitative estimate of drug-likeness (QED) is 0.805. The molecule has 1 saturated heterocycles. The van der Waals surface area contributed by atoms with E-state index in [1.54, 1.807) is 15.9 Å². The van der Waals surface area contributed by atoms with E-state index in [0.717, 1.165) is 12.8 Å². The molecule has 0 bridgehead atoms. The molecule has 0 unspecified atom stereocenters. The third kappa shape index (κ3) is 4.40.